The molecule has 24 heavy (non-hydrogen) atoms. The summed E-state index contributed by atoms with van der Waals surface area (Å²) in [5, 5.41) is 7.19. The van der Waals surface area contributed by atoms with Gasteiger partial charge in [-0.1, -0.05) is 6.07 Å². The number of carbonyl (C=O) groups is 1. The maximum atomic E-state index is 12.4. The first-order chi connectivity index (χ1) is 11.6. The van der Waals surface area contributed by atoms with Gasteiger partial charge in [0.05, 0.1) is 17.9 Å². The summed E-state index contributed by atoms with van der Waals surface area (Å²) in [6.07, 6.45) is 4.07. The number of carbonyl (C=O) groups excluding carboxylic acids is 1. The third-order valence-corrected chi connectivity index (χ3v) is 4.09. The maximum absolute atomic E-state index is 12.4. The Balaban J connectivity index is 1.53. The van der Waals surface area contributed by atoms with E-state index in [0.717, 1.165) is 25.3 Å². The molecule has 0 radical (unpaired) electrons. The van der Waals surface area contributed by atoms with Crippen LogP contribution in [0.4, 0.5) is 0 Å². The van der Waals surface area contributed by atoms with Gasteiger partial charge >= 0.3 is 0 Å². The highest BCUT2D eigenvalue weighted by Crippen LogP contribution is 2.11. The van der Waals surface area contributed by atoms with Crippen molar-refractivity contribution in [2.75, 3.05) is 26.2 Å². The van der Waals surface area contributed by atoms with Crippen molar-refractivity contribution < 1.29 is 9.53 Å². The molecule has 1 aromatic heterocycles. The summed E-state index contributed by atoms with van der Waals surface area (Å²) in [4.78, 5) is 14.7. The van der Waals surface area contributed by atoms with Gasteiger partial charge in [-0.3, -0.25) is 9.69 Å². The number of nitrogens with one attached hydrogen (secondary N) is 1. The van der Waals surface area contributed by atoms with E-state index in [9.17, 15) is 4.79 Å². The summed E-state index contributed by atoms with van der Waals surface area (Å²) in [6.45, 7) is 7.46. The smallest absolute Gasteiger partial charge is 0.251 e. The zero-order valence-electron chi connectivity index (χ0n) is 14.2. The molecule has 3 rings (SSSR count). The second-order valence-electron chi connectivity index (χ2n) is 6.27. The summed E-state index contributed by atoms with van der Waals surface area (Å²) < 4.78 is 7.47. The summed E-state index contributed by atoms with van der Waals surface area (Å²) in [5.41, 5.74) is 1.52. The average Bonchev–Trinajstić information content (AvgIpc) is 3.08. The Morgan fingerprint density at radius 1 is 1.29 bits per heavy atom. The van der Waals surface area contributed by atoms with Crippen molar-refractivity contribution in [2.24, 2.45) is 0 Å². The molecule has 2 aromatic rings. The van der Waals surface area contributed by atoms with Gasteiger partial charge in [-0.25, -0.2) is 4.68 Å². The summed E-state index contributed by atoms with van der Waals surface area (Å²) >= 11 is 0. The molecule has 1 aromatic carbocycles. The number of rotatable bonds is 5. The second kappa shape index (κ2) is 7.59. The van der Waals surface area contributed by atoms with Crippen LogP contribution in [0, 0.1) is 0 Å². The first-order valence-corrected chi connectivity index (χ1v) is 8.38. The van der Waals surface area contributed by atoms with Gasteiger partial charge in [0.15, 0.2) is 0 Å². The number of benzene rings is 1. The van der Waals surface area contributed by atoms with Gasteiger partial charge in [0.2, 0.25) is 0 Å². The SMILES string of the molecule is C[C@@H]1CN(CCNC(=O)c2cccc(-n3cccn3)c2)C[C@@H](C)O1. The van der Waals surface area contributed by atoms with E-state index in [0.29, 0.717) is 12.1 Å². The first kappa shape index (κ1) is 16.7. The Bertz CT molecular complexity index is 661. The molecule has 1 amide bonds. The van der Waals surface area contributed by atoms with Gasteiger partial charge in [0, 0.05) is 44.1 Å². The molecule has 1 fully saturated rings. The van der Waals surface area contributed by atoms with E-state index in [1.807, 2.05) is 36.5 Å². The van der Waals surface area contributed by atoms with Gasteiger partial charge in [0.25, 0.3) is 5.91 Å². The van der Waals surface area contributed by atoms with Gasteiger partial charge in [-0.05, 0) is 38.1 Å². The molecule has 1 N–H and O–H groups in total. The molecule has 0 bridgehead atoms. The second-order valence-corrected chi connectivity index (χ2v) is 6.27. The third-order valence-electron chi connectivity index (χ3n) is 4.09. The van der Waals surface area contributed by atoms with E-state index in [1.54, 1.807) is 10.9 Å². The molecule has 2 heterocycles. The number of hydrogen-bond donors (Lipinski definition) is 1. The van der Waals surface area contributed by atoms with Gasteiger partial charge in [0.1, 0.15) is 0 Å². The number of nitrogens with zero attached hydrogens (tertiary/aromatic N) is 3. The fourth-order valence-electron chi connectivity index (χ4n) is 3.11. The standard InChI is InChI=1S/C18H24N4O2/c1-14-12-21(13-15(2)24-14)10-8-19-18(23)16-5-3-6-17(11-16)22-9-4-7-20-22/h3-7,9,11,14-15H,8,10,12-13H2,1-2H3,(H,19,23)/t14-,15-/m1/s1. The zero-order valence-corrected chi connectivity index (χ0v) is 14.2. The van der Waals surface area contributed by atoms with Crippen molar-refractivity contribution in [2.45, 2.75) is 26.1 Å². The van der Waals surface area contributed by atoms with Crippen LogP contribution in [0.15, 0.2) is 42.7 Å². The van der Waals surface area contributed by atoms with Crippen molar-refractivity contribution in [1.29, 1.82) is 0 Å². The van der Waals surface area contributed by atoms with E-state index < -0.39 is 0 Å². The van der Waals surface area contributed by atoms with Crippen molar-refractivity contribution in [3.05, 3.63) is 48.3 Å². The average molecular weight is 328 g/mol. The third kappa shape index (κ3) is 4.21. The van der Waals surface area contributed by atoms with Crippen molar-refractivity contribution >= 4 is 5.91 Å². The number of ether oxygens (including phenoxy) is 1. The zero-order chi connectivity index (χ0) is 16.9. The largest absolute Gasteiger partial charge is 0.373 e. The fraction of sp³-hybridized carbons (Fsp3) is 0.444. The number of aromatic nitrogens is 2. The van der Waals surface area contributed by atoms with E-state index in [1.165, 1.54) is 0 Å². The maximum Gasteiger partial charge on any atom is 0.251 e. The van der Waals surface area contributed by atoms with Crippen LogP contribution in [-0.4, -0.2) is 59.0 Å². The van der Waals surface area contributed by atoms with Crippen LogP contribution < -0.4 is 5.32 Å². The van der Waals surface area contributed by atoms with Crippen LogP contribution in [-0.2, 0) is 4.74 Å². The minimum Gasteiger partial charge on any atom is -0.373 e. The highest BCUT2D eigenvalue weighted by atomic mass is 16.5. The minimum absolute atomic E-state index is 0.0571. The quantitative estimate of drug-likeness (QED) is 0.908. The van der Waals surface area contributed by atoms with Crippen molar-refractivity contribution in [3.8, 4) is 5.69 Å². The monoisotopic (exact) mass is 328 g/mol. The predicted octanol–water partition coefficient (Wildman–Crippen LogP) is 1.71. The van der Waals surface area contributed by atoms with E-state index >= 15 is 0 Å². The van der Waals surface area contributed by atoms with Crippen LogP contribution in [0.1, 0.15) is 24.2 Å². The molecule has 0 saturated carbocycles. The molecule has 0 unspecified atom stereocenters. The Morgan fingerprint density at radius 2 is 2.08 bits per heavy atom. The highest BCUT2D eigenvalue weighted by Gasteiger charge is 2.21. The Kier molecular flexibility index (Phi) is 5.27. The van der Waals surface area contributed by atoms with Gasteiger partial charge in [-0.15, -0.1) is 0 Å². The molecule has 6 heteroatoms. The topological polar surface area (TPSA) is 59.4 Å². The Hall–Kier alpha value is -2.18. The first-order valence-electron chi connectivity index (χ1n) is 8.38. The van der Waals surface area contributed by atoms with Crippen LogP contribution in [0.25, 0.3) is 5.69 Å². The fourth-order valence-corrected chi connectivity index (χ4v) is 3.11. The highest BCUT2D eigenvalue weighted by molar-refractivity contribution is 5.94. The summed E-state index contributed by atoms with van der Waals surface area (Å²) in [7, 11) is 0. The van der Waals surface area contributed by atoms with Crippen LogP contribution in [0.5, 0.6) is 0 Å². The van der Waals surface area contributed by atoms with E-state index in [2.05, 4.69) is 29.2 Å². The molecular weight excluding hydrogens is 304 g/mol. The molecule has 0 aliphatic carbocycles. The lowest BCUT2D eigenvalue weighted by Crippen LogP contribution is -2.47. The Morgan fingerprint density at radius 3 is 2.79 bits per heavy atom. The normalized spacial score (nSPS) is 21.6. The molecule has 1 aliphatic heterocycles. The Labute approximate surface area is 142 Å². The molecule has 1 saturated heterocycles. The van der Waals surface area contributed by atoms with Gasteiger partial charge in [-0.2, -0.15) is 5.10 Å². The lowest BCUT2D eigenvalue weighted by Gasteiger charge is -2.35. The van der Waals surface area contributed by atoms with Crippen molar-refractivity contribution in [3.63, 3.8) is 0 Å². The van der Waals surface area contributed by atoms with Crippen LogP contribution in [0.3, 0.4) is 0 Å². The lowest BCUT2D eigenvalue weighted by molar-refractivity contribution is -0.0672. The molecule has 6 nitrogen and oxygen atoms in total. The number of hydrogen-bond acceptors (Lipinski definition) is 4. The molecule has 0 spiro atoms. The summed E-state index contributed by atoms with van der Waals surface area (Å²) in [5.74, 6) is -0.0571. The number of morpholine rings is 1. The van der Waals surface area contributed by atoms with Gasteiger partial charge < -0.3 is 10.1 Å². The molecule has 128 valence electrons. The van der Waals surface area contributed by atoms with Crippen LogP contribution in [0.2, 0.25) is 0 Å². The van der Waals surface area contributed by atoms with E-state index in [-0.39, 0.29) is 18.1 Å². The van der Waals surface area contributed by atoms with Crippen molar-refractivity contribution in [1.82, 2.24) is 20.0 Å². The minimum atomic E-state index is -0.0571. The summed E-state index contributed by atoms with van der Waals surface area (Å²) in [6, 6.07) is 9.33. The molecule has 2 atom stereocenters. The number of amides is 1. The lowest BCUT2D eigenvalue weighted by atomic mass is 10.2. The molecular formula is C18H24N4O2. The predicted molar refractivity (Wildman–Crippen MR) is 92.3 cm³/mol. The van der Waals surface area contributed by atoms with Crippen LogP contribution >= 0.6 is 0 Å². The van der Waals surface area contributed by atoms with E-state index in [4.69, 9.17) is 4.74 Å². The molecule has 1 aliphatic rings.